The first-order chi connectivity index (χ1) is 35.9. The zero-order valence-electron chi connectivity index (χ0n) is 40.2. The van der Waals surface area contributed by atoms with E-state index in [0.29, 0.717) is 0 Å². The molecule has 15 rings (SSSR count). The van der Waals surface area contributed by atoms with E-state index >= 15 is 0 Å². The van der Waals surface area contributed by atoms with Crippen molar-refractivity contribution in [1.82, 2.24) is 0 Å². The molecule has 0 bridgehead atoms. The Balaban J connectivity index is 0.783. The largest absolute Gasteiger partial charge is 0.456 e. The fourth-order valence-corrected chi connectivity index (χ4v) is 11.8. The molecule has 0 atom stereocenters. The van der Waals surface area contributed by atoms with E-state index in [2.05, 4.69) is 225 Å². The van der Waals surface area contributed by atoms with E-state index in [1.54, 1.807) is 0 Å². The number of fused-ring (bicyclic) bond motifs is 12. The number of benzene rings is 11. The van der Waals surface area contributed by atoms with E-state index in [1.807, 2.05) is 30.3 Å². The normalized spacial score (nSPS) is 12.9. The molecule has 1 aliphatic rings. The predicted octanol–water partition coefficient (Wildman–Crippen LogP) is 19.8. The van der Waals surface area contributed by atoms with E-state index in [0.717, 1.165) is 116 Å². The fourth-order valence-electron chi connectivity index (χ4n) is 11.8. The first-order valence-electron chi connectivity index (χ1n) is 25.0. The summed E-state index contributed by atoms with van der Waals surface area (Å²) in [6, 6.07) is 84.9. The van der Waals surface area contributed by atoms with Crippen LogP contribution in [-0.2, 0) is 5.41 Å². The highest BCUT2D eigenvalue weighted by atomic mass is 16.3. The van der Waals surface area contributed by atoms with Crippen LogP contribution in [0.4, 0.5) is 17.1 Å². The Morgan fingerprint density at radius 2 is 0.712 bits per heavy atom. The standard InChI is InChI=1S/C69H45NO3/c1-69(2)61-38-29-45(39-60(61)53-36-28-47(40-62(53)69)52-15-10-17-59-56-13-5-8-20-65(56)73-68(52)59)42-21-30-48(31-22-42)70(49-32-23-43(24-33-49)46-27-37-57-54-11-3-6-18-63(54)71-66(57)41-46)50-34-25-44(26-35-50)51-14-9-16-58-55-12-4-7-19-64(55)72-67(51)58/h3-41H,1-2H3. The molecule has 14 aromatic rings. The third kappa shape index (κ3) is 6.47. The summed E-state index contributed by atoms with van der Waals surface area (Å²) in [6.45, 7) is 4.70. The average Bonchev–Trinajstić information content (AvgIpc) is 4.21. The molecule has 4 heteroatoms. The summed E-state index contributed by atoms with van der Waals surface area (Å²) in [5.74, 6) is 0. The second-order valence-corrected chi connectivity index (χ2v) is 20.0. The second kappa shape index (κ2) is 15.8. The predicted molar refractivity (Wildman–Crippen MR) is 302 cm³/mol. The number of anilines is 3. The Labute approximate surface area is 421 Å². The summed E-state index contributed by atoms with van der Waals surface area (Å²) in [7, 11) is 0. The van der Waals surface area contributed by atoms with Crippen LogP contribution >= 0.6 is 0 Å². The van der Waals surface area contributed by atoms with Gasteiger partial charge in [0.15, 0.2) is 0 Å². The topological polar surface area (TPSA) is 42.7 Å². The van der Waals surface area contributed by atoms with Crippen molar-refractivity contribution in [1.29, 1.82) is 0 Å². The molecule has 1 aliphatic carbocycles. The minimum atomic E-state index is -0.171. The van der Waals surface area contributed by atoms with Gasteiger partial charge in [0.1, 0.15) is 33.5 Å². The third-order valence-corrected chi connectivity index (χ3v) is 15.5. The summed E-state index contributed by atoms with van der Waals surface area (Å²) in [6.07, 6.45) is 0. The highest BCUT2D eigenvalue weighted by molar-refractivity contribution is 6.11. The molecule has 0 unspecified atom stereocenters. The molecule has 0 N–H and O–H groups in total. The van der Waals surface area contributed by atoms with E-state index in [9.17, 15) is 0 Å². The maximum Gasteiger partial charge on any atom is 0.143 e. The van der Waals surface area contributed by atoms with Crippen LogP contribution in [0.2, 0.25) is 0 Å². The maximum atomic E-state index is 6.48. The Morgan fingerprint density at radius 1 is 0.274 bits per heavy atom. The van der Waals surface area contributed by atoms with Gasteiger partial charge in [-0.3, -0.25) is 0 Å². The lowest BCUT2D eigenvalue weighted by Gasteiger charge is -2.26. The molecule has 73 heavy (non-hydrogen) atoms. The van der Waals surface area contributed by atoms with Gasteiger partial charge in [-0.25, -0.2) is 0 Å². The Kier molecular flexibility index (Phi) is 8.97. The van der Waals surface area contributed by atoms with Gasteiger partial charge in [0.25, 0.3) is 0 Å². The summed E-state index contributed by atoms with van der Waals surface area (Å²) >= 11 is 0. The number of nitrogens with zero attached hydrogens (tertiary/aromatic N) is 1. The molecule has 11 aromatic carbocycles. The molecule has 0 spiro atoms. The van der Waals surface area contributed by atoms with Crippen molar-refractivity contribution in [3.63, 3.8) is 0 Å². The summed E-state index contributed by atoms with van der Waals surface area (Å²) in [4.78, 5) is 2.34. The molecule has 0 fully saturated rings. The van der Waals surface area contributed by atoms with E-state index in [-0.39, 0.29) is 5.41 Å². The van der Waals surface area contributed by atoms with Crippen LogP contribution in [0.25, 0.3) is 121 Å². The molecule has 3 aromatic heterocycles. The highest BCUT2D eigenvalue weighted by Gasteiger charge is 2.36. The van der Waals surface area contributed by atoms with Crippen LogP contribution in [0.5, 0.6) is 0 Å². The molecular formula is C69H45NO3. The minimum Gasteiger partial charge on any atom is -0.456 e. The zero-order valence-corrected chi connectivity index (χ0v) is 40.2. The number of rotatable bonds is 7. The Hall–Kier alpha value is -9.38. The molecule has 344 valence electrons. The molecule has 0 saturated heterocycles. The van der Waals surface area contributed by atoms with Crippen LogP contribution in [-0.4, -0.2) is 0 Å². The second-order valence-electron chi connectivity index (χ2n) is 20.0. The smallest absolute Gasteiger partial charge is 0.143 e. The van der Waals surface area contributed by atoms with Gasteiger partial charge in [0.2, 0.25) is 0 Å². The Morgan fingerprint density at radius 3 is 1.30 bits per heavy atom. The molecule has 0 amide bonds. The molecular weight excluding hydrogens is 891 g/mol. The number of hydrogen-bond donors (Lipinski definition) is 0. The number of para-hydroxylation sites is 5. The molecule has 0 aliphatic heterocycles. The molecule has 4 nitrogen and oxygen atoms in total. The SMILES string of the molecule is CC1(C)c2ccc(-c3ccc(N(c4ccc(-c5ccc6c(c5)oc5ccccc56)cc4)c4ccc(-c5cccc6c5oc5ccccc56)cc4)cc3)cc2-c2ccc(-c3cccc4c3oc3ccccc34)cc21. The summed E-state index contributed by atoms with van der Waals surface area (Å²) in [5.41, 5.74) is 22.7. The fraction of sp³-hybridized carbons (Fsp3) is 0.0435. The van der Waals surface area contributed by atoms with Crippen LogP contribution in [0.1, 0.15) is 25.0 Å². The van der Waals surface area contributed by atoms with Crippen LogP contribution in [0, 0.1) is 0 Å². The minimum absolute atomic E-state index is 0.171. The van der Waals surface area contributed by atoms with Crippen molar-refractivity contribution in [3.05, 3.63) is 248 Å². The van der Waals surface area contributed by atoms with Gasteiger partial charge in [-0.15, -0.1) is 0 Å². The van der Waals surface area contributed by atoms with Gasteiger partial charge in [0.05, 0.1) is 0 Å². The van der Waals surface area contributed by atoms with Gasteiger partial charge in [0, 0.05) is 65.9 Å². The first kappa shape index (κ1) is 41.4. The van der Waals surface area contributed by atoms with Gasteiger partial charge in [-0.1, -0.05) is 172 Å². The van der Waals surface area contributed by atoms with Gasteiger partial charge in [-0.05, 0) is 134 Å². The van der Waals surface area contributed by atoms with Crippen molar-refractivity contribution >= 4 is 82.9 Å². The Bertz CT molecular complexity index is 4510. The van der Waals surface area contributed by atoms with E-state index in [4.69, 9.17) is 13.3 Å². The van der Waals surface area contributed by atoms with Crippen molar-refractivity contribution in [3.8, 4) is 55.6 Å². The van der Waals surface area contributed by atoms with Gasteiger partial charge < -0.3 is 18.2 Å². The van der Waals surface area contributed by atoms with Crippen molar-refractivity contribution in [2.75, 3.05) is 4.90 Å². The monoisotopic (exact) mass is 935 g/mol. The first-order valence-corrected chi connectivity index (χ1v) is 25.0. The summed E-state index contributed by atoms with van der Waals surface area (Å²) in [5, 5.41) is 6.80. The average molecular weight is 936 g/mol. The lowest BCUT2D eigenvalue weighted by Crippen LogP contribution is -2.15. The summed E-state index contributed by atoms with van der Waals surface area (Å²) < 4.78 is 19.2. The number of furan rings is 3. The van der Waals surface area contributed by atoms with Gasteiger partial charge >= 0.3 is 0 Å². The van der Waals surface area contributed by atoms with Crippen molar-refractivity contribution in [2.24, 2.45) is 0 Å². The molecule has 3 heterocycles. The molecule has 0 radical (unpaired) electrons. The lowest BCUT2D eigenvalue weighted by atomic mass is 9.81. The van der Waals surface area contributed by atoms with Gasteiger partial charge in [-0.2, -0.15) is 0 Å². The van der Waals surface area contributed by atoms with Crippen LogP contribution in [0.15, 0.2) is 250 Å². The third-order valence-electron chi connectivity index (χ3n) is 15.5. The quantitative estimate of drug-likeness (QED) is 0.160. The van der Waals surface area contributed by atoms with E-state index < -0.39 is 0 Å². The van der Waals surface area contributed by atoms with E-state index in [1.165, 1.54) is 33.4 Å². The van der Waals surface area contributed by atoms with Crippen molar-refractivity contribution < 1.29 is 13.3 Å². The lowest BCUT2D eigenvalue weighted by molar-refractivity contribution is 0.660. The maximum absolute atomic E-state index is 6.48. The highest BCUT2D eigenvalue weighted by Crippen LogP contribution is 2.51. The van der Waals surface area contributed by atoms with Crippen LogP contribution < -0.4 is 4.90 Å². The zero-order chi connectivity index (χ0) is 48.4. The number of hydrogen-bond acceptors (Lipinski definition) is 4. The van der Waals surface area contributed by atoms with Crippen molar-refractivity contribution in [2.45, 2.75) is 19.3 Å². The van der Waals surface area contributed by atoms with Crippen LogP contribution in [0.3, 0.4) is 0 Å². The molecule has 0 saturated carbocycles.